The van der Waals surface area contributed by atoms with Gasteiger partial charge in [0.1, 0.15) is 0 Å². The normalized spacial score (nSPS) is 11.4. The zero-order valence-corrected chi connectivity index (χ0v) is 69.2. The number of nitrogens with zero attached hydrogens (tertiary/aromatic N) is 3. The smallest absolute Gasteiger partial charge is 0.233 e. The van der Waals surface area contributed by atoms with Crippen LogP contribution in [0, 0.1) is 0 Å². The summed E-state index contributed by atoms with van der Waals surface area (Å²) in [5.74, 6) is 5.63. The first-order chi connectivity index (χ1) is 52.0. The van der Waals surface area contributed by atoms with E-state index in [9.17, 15) is 0 Å². The Bertz CT molecular complexity index is 2300. The third-order valence-corrected chi connectivity index (χ3v) is 20.8. The first-order valence-electron chi connectivity index (χ1n) is 45.3. The molecule has 1 aromatic heterocycles. The molecule has 0 bridgehead atoms. The van der Waals surface area contributed by atoms with Gasteiger partial charge in [0.05, 0.1) is 39.6 Å². The Morgan fingerprint density at radius 3 is 0.486 bits per heavy atom. The van der Waals surface area contributed by atoms with Crippen LogP contribution in [0.25, 0.3) is 0 Å². The molecule has 3 aromatic carbocycles. The predicted octanol–water partition coefficient (Wildman–Crippen LogP) is 30.9. The monoisotopic (exact) mass is 1460 g/mol. The summed E-state index contributed by atoms with van der Waals surface area (Å²) in [7, 11) is 0. The van der Waals surface area contributed by atoms with Crippen molar-refractivity contribution in [3.63, 3.8) is 0 Å². The summed E-state index contributed by atoms with van der Waals surface area (Å²) in [5.41, 5.74) is 2.38. The molecule has 0 fully saturated rings. The van der Waals surface area contributed by atoms with Crippen molar-refractivity contribution in [3.8, 4) is 34.5 Å². The molecule has 4 aromatic rings. The number of benzene rings is 3. The highest BCUT2D eigenvalue weighted by Gasteiger charge is 2.16. The summed E-state index contributed by atoms with van der Waals surface area (Å²) < 4.78 is 39.7. The number of aromatic nitrogens is 3. The third-order valence-electron chi connectivity index (χ3n) is 20.8. The molecular formula is C93H162N6O6. The van der Waals surface area contributed by atoms with Crippen molar-refractivity contribution < 1.29 is 28.4 Å². The van der Waals surface area contributed by atoms with Crippen LogP contribution in [0.1, 0.15) is 427 Å². The molecule has 1 heterocycles. The lowest BCUT2D eigenvalue weighted by Gasteiger charge is -2.17. The highest BCUT2D eigenvalue weighted by molar-refractivity contribution is 5.66. The van der Waals surface area contributed by atoms with Gasteiger partial charge in [-0.25, -0.2) is 0 Å². The fraction of sp³-hybridized carbons (Fsp3) is 0.774. The van der Waals surface area contributed by atoms with E-state index < -0.39 is 0 Å². The van der Waals surface area contributed by atoms with E-state index in [4.69, 9.17) is 43.4 Å². The van der Waals surface area contributed by atoms with Crippen molar-refractivity contribution in [2.75, 3.05) is 55.6 Å². The molecule has 0 saturated carbocycles. The molecule has 12 heteroatoms. The van der Waals surface area contributed by atoms with Gasteiger partial charge in [-0.3, -0.25) is 0 Å². The Balaban J connectivity index is 1.63. The molecule has 0 radical (unpaired) electrons. The second-order valence-corrected chi connectivity index (χ2v) is 30.8. The summed E-state index contributed by atoms with van der Waals surface area (Å²) in [5, 5.41) is 10.8. The van der Waals surface area contributed by atoms with Crippen LogP contribution in [0.5, 0.6) is 34.5 Å². The van der Waals surface area contributed by atoms with Gasteiger partial charge in [0, 0.05) is 35.3 Å². The van der Waals surface area contributed by atoms with E-state index in [1.54, 1.807) is 0 Å². The average Bonchev–Trinajstić information content (AvgIpc) is 0.828. The van der Waals surface area contributed by atoms with Crippen LogP contribution >= 0.6 is 0 Å². The number of ether oxygens (including phenoxy) is 6. The standard InChI is InChI=1S/C93H162N6O6/c1-7-13-19-25-31-37-43-49-55-61-73-100-85-70-67-82(79-88(85)103-76-64-58-52-46-40-34-28-22-16-10-4)94-91-97-92(95-83-68-71-86(101-74-62-56-50-44-38-32-26-20-14-8-2)89(80-83)104-77-65-59-53-47-41-35-29-23-17-11-5)99-93(98-91)96-84-69-72-87(102-75-63-57-51-45-39-33-27-21-15-9-3)90(81-84)105-78-66-60-54-48-42-36-30-24-18-12-6/h67-72,79-81H,7-66,73-78H2,1-6H3,(H3,94,95,96,97,98,99). The molecule has 0 atom stereocenters. The lowest BCUT2D eigenvalue weighted by molar-refractivity contribution is 0.258. The summed E-state index contributed by atoms with van der Waals surface area (Å²) in [6.45, 7) is 17.6. The van der Waals surface area contributed by atoms with Crippen molar-refractivity contribution in [1.82, 2.24) is 15.0 Å². The van der Waals surface area contributed by atoms with Crippen molar-refractivity contribution in [2.24, 2.45) is 0 Å². The quantitative estimate of drug-likeness (QED) is 0.0364. The van der Waals surface area contributed by atoms with E-state index in [-0.39, 0.29) is 0 Å². The van der Waals surface area contributed by atoms with Crippen LogP contribution in [0.4, 0.5) is 34.9 Å². The van der Waals surface area contributed by atoms with Gasteiger partial charge < -0.3 is 44.4 Å². The van der Waals surface area contributed by atoms with Gasteiger partial charge in [0.15, 0.2) is 34.5 Å². The molecule has 600 valence electrons. The van der Waals surface area contributed by atoms with Gasteiger partial charge in [-0.1, -0.05) is 388 Å². The highest BCUT2D eigenvalue weighted by Crippen LogP contribution is 2.37. The molecule has 105 heavy (non-hydrogen) atoms. The lowest BCUT2D eigenvalue weighted by Crippen LogP contribution is -2.09. The summed E-state index contributed by atoms with van der Waals surface area (Å²) in [6.07, 6.45) is 76.7. The topological polar surface area (TPSA) is 130 Å². The van der Waals surface area contributed by atoms with E-state index in [0.717, 1.165) is 109 Å². The van der Waals surface area contributed by atoms with E-state index >= 15 is 0 Å². The molecular weight excluding hydrogens is 1300 g/mol. The molecule has 0 amide bonds. The summed E-state index contributed by atoms with van der Waals surface area (Å²) >= 11 is 0. The minimum atomic E-state index is 0.373. The Morgan fingerprint density at radius 1 is 0.181 bits per heavy atom. The summed E-state index contributed by atoms with van der Waals surface area (Å²) in [4.78, 5) is 15.3. The zero-order valence-electron chi connectivity index (χ0n) is 69.2. The molecule has 0 aliphatic heterocycles. The van der Waals surface area contributed by atoms with Gasteiger partial charge in [0.2, 0.25) is 17.8 Å². The van der Waals surface area contributed by atoms with Gasteiger partial charge in [-0.15, -0.1) is 0 Å². The largest absolute Gasteiger partial charge is 0.490 e. The van der Waals surface area contributed by atoms with E-state index in [0.29, 0.717) is 57.5 Å². The Morgan fingerprint density at radius 2 is 0.324 bits per heavy atom. The number of anilines is 6. The third kappa shape index (κ3) is 50.3. The number of rotatable bonds is 78. The predicted molar refractivity (Wildman–Crippen MR) is 453 cm³/mol. The van der Waals surface area contributed by atoms with Gasteiger partial charge >= 0.3 is 0 Å². The van der Waals surface area contributed by atoms with Gasteiger partial charge in [0.25, 0.3) is 0 Å². The fourth-order valence-electron chi connectivity index (χ4n) is 14.0. The van der Waals surface area contributed by atoms with Crippen molar-refractivity contribution in [2.45, 2.75) is 427 Å². The van der Waals surface area contributed by atoms with E-state index in [1.165, 1.54) is 327 Å². The fourth-order valence-corrected chi connectivity index (χ4v) is 14.0. The molecule has 3 N–H and O–H groups in total. The first-order valence-corrected chi connectivity index (χ1v) is 45.3. The minimum Gasteiger partial charge on any atom is -0.490 e. The number of unbranched alkanes of at least 4 members (excludes halogenated alkanes) is 54. The van der Waals surface area contributed by atoms with Crippen LogP contribution in [0.2, 0.25) is 0 Å². The van der Waals surface area contributed by atoms with E-state index in [2.05, 4.69) is 57.5 Å². The number of nitrogens with one attached hydrogen (secondary N) is 3. The maximum atomic E-state index is 6.67. The molecule has 0 unspecified atom stereocenters. The second kappa shape index (κ2) is 68.2. The van der Waals surface area contributed by atoms with Gasteiger partial charge in [-0.2, -0.15) is 15.0 Å². The molecule has 0 aliphatic carbocycles. The van der Waals surface area contributed by atoms with Crippen LogP contribution in [-0.4, -0.2) is 54.6 Å². The van der Waals surface area contributed by atoms with E-state index in [1.807, 2.05) is 54.6 Å². The zero-order chi connectivity index (χ0) is 74.4. The highest BCUT2D eigenvalue weighted by atomic mass is 16.5. The summed E-state index contributed by atoms with van der Waals surface area (Å²) in [6, 6.07) is 18.4. The van der Waals surface area contributed by atoms with Crippen molar-refractivity contribution in [3.05, 3.63) is 54.6 Å². The number of hydrogen-bond donors (Lipinski definition) is 3. The molecule has 12 nitrogen and oxygen atoms in total. The Hall–Kier alpha value is -5.13. The van der Waals surface area contributed by atoms with Crippen molar-refractivity contribution in [1.29, 1.82) is 0 Å². The minimum absolute atomic E-state index is 0.373. The molecule has 0 saturated heterocycles. The molecule has 0 aliphatic rings. The first kappa shape index (κ1) is 92.3. The van der Waals surface area contributed by atoms with Crippen LogP contribution in [-0.2, 0) is 0 Å². The maximum Gasteiger partial charge on any atom is 0.233 e. The van der Waals surface area contributed by atoms with Crippen LogP contribution < -0.4 is 44.4 Å². The average molecular weight is 1460 g/mol. The second-order valence-electron chi connectivity index (χ2n) is 30.8. The maximum absolute atomic E-state index is 6.67. The van der Waals surface area contributed by atoms with Gasteiger partial charge in [-0.05, 0) is 74.9 Å². The van der Waals surface area contributed by atoms with Crippen LogP contribution in [0.15, 0.2) is 54.6 Å². The Kier molecular flexibility index (Phi) is 59.9. The number of hydrogen-bond acceptors (Lipinski definition) is 12. The Labute approximate surface area is 646 Å². The SMILES string of the molecule is CCCCCCCCCCCCOc1ccc(Nc2nc(Nc3ccc(OCCCCCCCCCCCC)c(OCCCCCCCCCCCC)c3)nc(Nc3ccc(OCCCCCCCCCCCC)c(OCCCCCCCCCCCC)c3)n2)cc1OCCCCCCCCCCCC. The van der Waals surface area contributed by atoms with Crippen LogP contribution in [0.3, 0.4) is 0 Å². The molecule has 0 spiro atoms. The molecule has 4 rings (SSSR count). The lowest BCUT2D eigenvalue weighted by atomic mass is 10.1. The van der Waals surface area contributed by atoms with Crippen molar-refractivity contribution >= 4 is 34.9 Å².